The molecule has 0 radical (unpaired) electrons. The first-order valence-corrected chi connectivity index (χ1v) is 11.6. The van der Waals surface area contributed by atoms with Crippen molar-refractivity contribution < 1.29 is 4.74 Å². The molecular weight excluding hydrogens is 464 g/mol. The second-order valence-corrected chi connectivity index (χ2v) is 8.96. The van der Waals surface area contributed by atoms with E-state index in [4.69, 9.17) is 21.3 Å². The second kappa shape index (κ2) is 9.48. The quantitative estimate of drug-likeness (QED) is 0.410. The molecule has 5 rings (SSSR count). The van der Waals surface area contributed by atoms with Gasteiger partial charge >= 0.3 is 0 Å². The fraction of sp³-hybridized carbons (Fsp3) is 0.231. The van der Waals surface area contributed by atoms with Crippen LogP contribution in [0.3, 0.4) is 0 Å². The minimum atomic E-state index is -0.234. The fourth-order valence-corrected chi connectivity index (χ4v) is 4.29. The highest BCUT2D eigenvalue weighted by Gasteiger charge is 2.20. The number of hydrogen-bond acceptors (Lipinski definition) is 7. The van der Waals surface area contributed by atoms with E-state index >= 15 is 0 Å². The van der Waals surface area contributed by atoms with E-state index in [1.807, 2.05) is 38.4 Å². The van der Waals surface area contributed by atoms with Gasteiger partial charge in [0.15, 0.2) is 0 Å². The topological polar surface area (TPSA) is 75.8 Å². The number of nitrogens with zero attached hydrogens (tertiary/aromatic N) is 6. The minimum Gasteiger partial charge on any atom is -0.497 e. The molecule has 0 aliphatic carbocycles. The zero-order valence-electron chi connectivity index (χ0n) is 19.8. The highest BCUT2D eigenvalue weighted by atomic mass is 35.5. The number of pyridine rings is 1. The monoisotopic (exact) mass is 488 g/mol. The van der Waals surface area contributed by atoms with E-state index in [1.54, 1.807) is 37.4 Å². The van der Waals surface area contributed by atoms with Gasteiger partial charge in [0, 0.05) is 24.0 Å². The summed E-state index contributed by atoms with van der Waals surface area (Å²) >= 11 is 6.05. The van der Waals surface area contributed by atoms with Crippen LogP contribution in [0.1, 0.15) is 0 Å². The van der Waals surface area contributed by atoms with E-state index in [1.165, 1.54) is 10.8 Å². The van der Waals surface area contributed by atoms with Crippen molar-refractivity contribution >= 4 is 34.0 Å². The summed E-state index contributed by atoms with van der Waals surface area (Å²) in [4.78, 5) is 31.9. The fourth-order valence-electron chi connectivity index (χ4n) is 4.18. The molecule has 0 saturated carbocycles. The third-order valence-corrected chi connectivity index (χ3v) is 6.06. The van der Waals surface area contributed by atoms with Crippen LogP contribution in [0.25, 0.3) is 28.1 Å². The summed E-state index contributed by atoms with van der Waals surface area (Å²) in [7, 11) is 5.64. The number of aliphatic imine (C=N–C) groups is 1. The molecular formula is C26H25ClN6O2. The first kappa shape index (κ1) is 23.0. The van der Waals surface area contributed by atoms with Crippen LogP contribution in [0.5, 0.6) is 5.75 Å². The number of amidine groups is 1. The number of halogens is 1. The van der Waals surface area contributed by atoms with Crippen LogP contribution >= 0.6 is 11.6 Å². The molecule has 2 aromatic heterocycles. The summed E-state index contributed by atoms with van der Waals surface area (Å²) in [6.07, 6.45) is 1.52. The molecule has 0 bridgehead atoms. The summed E-state index contributed by atoms with van der Waals surface area (Å²) < 4.78 is 6.84. The predicted molar refractivity (Wildman–Crippen MR) is 140 cm³/mol. The Labute approximate surface area is 208 Å². The second-order valence-electron chi connectivity index (χ2n) is 8.53. The van der Waals surface area contributed by atoms with Crippen LogP contribution in [0.15, 0.2) is 70.6 Å². The molecule has 35 heavy (non-hydrogen) atoms. The number of rotatable bonds is 6. The molecule has 0 fully saturated rings. The molecule has 0 unspecified atom stereocenters. The van der Waals surface area contributed by atoms with E-state index < -0.39 is 0 Å². The number of benzene rings is 2. The van der Waals surface area contributed by atoms with Crippen LogP contribution < -0.4 is 15.2 Å². The Morgan fingerprint density at radius 1 is 1.09 bits per heavy atom. The lowest BCUT2D eigenvalue weighted by Crippen LogP contribution is -2.35. The van der Waals surface area contributed by atoms with Crippen molar-refractivity contribution in [3.05, 3.63) is 76.2 Å². The van der Waals surface area contributed by atoms with Crippen molar-refractivity contribution in [3.8, 4) is 23.0 Å². The van der Waals surface area contributed by atoms with Crippen LogP contribution in [-0.2, 0) is 0 Å². The molecule has 3 heterocycles. The van der Waals surface area contributed by atoms with E-state index in [2.05, 4.69) is 19.8 Å². The van der Waals surface area contributed by atoms with Gasteiger partial charge in [-0.2, -0.15) is 0 Å². The third-order valence-electron chi connectivity index (χ3n) is 5.84. The molecule has 1 aliphatic rings. The Hall–Kier alpha value is -3.75. The highest BCUT2D eigenvalue weighted by molar-refractivity contribution is 6.30. The first-order chi connectivity index (χ1) is 16.9. The van der Waals surface area contributed by atoms with Gasteiger partial charge in [-0.15, -0.1) is 0 Å². The summed E-state index contributed by atoms with van der Waals surface area (Å²) in [6, 6.07) is 16.7. The van der Waals surface area contributed by atoms with Crippen molar-refractivity contribution in [2.45, 2.75) is 0 Å². The zero-order valence-corrected chi connectivity index (χ0v) is 20.5. The largest absolute Gasteiger partial charge is 0.497 e. The van der Waals surface area contributed by atoms with Crippen LogP contribution in [-0.4, -0.2) is 66.1 Å². The number of ether oxygens (including phenoxy) is 1. The number of anilines is 1. The molecule has 0 spiro atoms. The van der Waals surface area contributed by atoms with Crippen LogP contribution in [0, 0.1) is 0 Å². The van der Waals surface area contributed by atoms with Crippen molar-refractivity contribution in [1.82, 2.24) is 19.4 Å². The molecule has 8 nitrogen and oxygen atoms in total. The molecule has 0 amide bonds. The van der Waals surface area contributed by atoms with Gasteiger partial charge in [0.2, 0.25) is 0 Å². The SMILES string of the molecule is COc1ccc2nc(-c3ccc(N4CCN=C4CN(C)C)cc3)n(-c3ccc(Cl)cn3)c(=O)c2c1. The van der Waals surface area contributed by atoms with Crippen LogP contribution in [0.2, 0.25) is 5.02 Å². The van der Waals surface area contributed by atoms with Gasteiger partial charge in [-0.1, -0.05) is 11.6 Å². The maximum absolute atomic E-state index is 13.7. The molecule has 2 aromatic carbocycles. The van der Waals surface area contributed by atoms with Gasteiger partial charge in [0.05, 0.1) is 36.1 Å². The standard InChI is InChI=1S/C26H25ClN6O2/c1-31(2)16-24-28-12-13-32(24)19-7-4-17(5-8-19)25-30-22-10-9-20(35-3)14-21(22)26(34)33(25)23-11-6-18(27)15-29-23/h4-11,14-15H,12-13,16H2,1-3H3. The summed E-state index contributed by atoms with van der Waals surface area (Å²) in [5.41, 5.74) is 2.20. The third kappa shape index (κ3) is 4.50. The van der Waals surface area contributed by atoms with Gasteiger partial charge in [0.25, 0.3) is 5.56 Å². The molecule has 9 heteroatoms. The predicted octanol–water partition coefficient (Wildman–Crippen LogP) is 3.89. The highest BCUT2D eigenvalue weighted by Crippen LogP contribution is 2.27. The Morgan fingerprint density at radius 3 is 2.57 bits per heavy atom. The summed E-state index contributed by atoms with van der Waals surface area (Å²) in [5.74, 6) is 2.57. The van der Waals surface area contributed by atoms with Crippen LogP contribution in [0.4, 0.5) is 5.69 Å². The van der Waals surface area contributed by atoms with Crippen molar-refractivity contribution in [1.29, 1.82) is 0 Å². The number of methoxy groups -OCH3 is 1. The Balaban J connectivity index is 1.63. The van der Waals surface area contributed by atoms with Crippen molar-refractivity contribution in [3.63, 3.8) is 0 Å². The smallest absolute Gasteiger partial charge is 0.267 e. The minimum absolute atomic E-state index is 0.234. The van der Waals surface area contributed by atoms with Crippen molar-refractivity contribution in [2.75, 3.05) is 45.7 Å². The van der Waals surface area contributed by atoms with Gasteiger partial charge in [-0.25, -0.2) is 14.5 Å². The van der Waals surface area contributed by atoms with E-state index in [-0.39, 0.29) is 5.56 Å². The average molecular weight is 489 g/mol. The number of aromatic nitrogens is 3. The van der Waals surface area contributed by atoms with Gasteiger partial charge < -0.3 is 14.5 Å². The number of fused-ring (bicyclic) bond motifs is 1. The summed E-state index contributed by atoms with van der Waals surface area (Å²) in [5, 5.41) is 0.937. The lowest BCUT2D eigenvalue weighted by molar-refractivity contribution is 0.415. The van der Waals surface area contributed by atoms with Crippen molar-refractivity contribution in [2.24, 2.45) is 4.99 Å². The maximum Gasteiger partial charge on any atom is 0.267 e. The van der Waals surface area contributed by atoms with E-state index in [0.29, 0.717) is 33.3 Å². The average Bonchev–Trinajstić information content (AvgIpc) is 3.32. The number of likely N-dealkylation sites (N-methyl/N-ethyl adjacent to an activating group) is 1. The van der Waals surface area contributed by atoms with E-state index in [0.717, 1.165) is 36.7 Å². The van der Waals surface area contributed by atoms with Gasteiger partial charge in [0.1, 0.15) is 23.2 Å². The lowest BCUT2D eigenvalue weighted by atomic mass is 10.1. The normalized spacial score (nSPS) is 13.5. The molecule has 4 aromatic rings. The van der Waals surface area contributed by atoms with Gasteiger partial charge in [-0.05, 0) is 68.7 Å². The summed E-state index contributed by atoms with van der Waals surface area (Å²) in [6.45, 7) is 2.40. The Morgan fingerprint density at radius 2 is 1.89 bits per heavy atom. The molecule has 0 N–H and O–H groups in total. The molecule has 1 aliphatic heterocycles. The first-order valence-electron chi connectivity index (χ1n) is 11.2. The Bertz CT molecular complexity index is 1460. The Kier molecular flexibility index (Phi) is 6.23. The maximum atomic E-state index is 13.7. The lowest BCUT2D eigenvalue weighted by Gasteiger charge is -2.23. The molecule has 178 valence electrons. The molecule has 0 saturated heterocycles. The molecule has 0 atom stereocenters. The van der Waals surface area contributed by atoms with E-state index in [9.17, 15) is 4.79 Å². The number of hydrogen-bond donors (Lipinski definition) is 0. The van der Waals surface area contributed by atoms with Gasteiger partial charge in [-0.3, -0.25) is 9.79 Å². The zero-order chi connectivity index (χ0) is 24.5.